The molecule has 0 bridgehead atoms. The van der Waals surface area contributed by atoms with Crippen LogP contribution in [0.5, 0.6) is 0 Å². The van der Waals surface area contributed by atoms with E-state index in [4.69, 9.17) is 4.74 Å². The van der Waals surface area contributed by atoms with Crippen LogP contribution in [0.15, 0.2) is 24.3 Å². The lowest BCUT2D eigenvalue weighted by Gasteiger charge is -2.28. The largest absolute Gasteiger partial charge is 0.450 e. The van der Waals surface area contributed by atoms with Crippen molar-refractivity contribution in [1.29, 1.82) is 0 Å². The Morgan fingerprint density at radius 3 is 2.67 bits per heavy atom. The Morgan fingerprint density at radius 2 is 1.96 bits per heavy atom. The number of carbonyl (C=O) groups excluding carboxylic acids is 2. The monoisotopic (exact) mass is 395 g/mol. The second-order valence-corrected chi connectivity index (χ2v) is 9.05. The van der Waals surface area contributed by atoms with Crippen molar-refractivity contribution >= 4 is 27.5 Å². The maximum atomic E-state index is 12.7. The van der Waals surface area contributed by atoms with Crippen molar-refractivity contribution < 1.29 is 22.7 Å². The molecule has 2 atom stereocenters. The molecule has 2 fully saturated rings. The molecule has 3 rings (SSSR count). The molecule has 0 aliphatic carbocycles. The Kier molecular flexibility index (Phi) is 6.01. The molecule has 1 aromatic rings. The van der Waals surface area contributed by atoms with Crippen LogP contribution in [0.25, 0.3) is 0 Å². The quantitative estimate of drug-likeness (QED) is 0.777. The van der Waals surface area contributed by atoms with Crippen LogP contribution in [0.1, 0.15) is 30.1 Å². The van der Waals surface area contributed by atoms with Crippen LogP contribution in [-0.2, 0) is 14.6 Å². The van der Waals surface area contributed by atoms with Crippen LogP contribution in [-0.4, -0.2) is 68.6 Å². The average Bonchev–Trinajstić information content (AvgIpc) is 3.22. The first-order valence-electron chi connectivity index (χ1n) is 9.17. The molecule has 8 nitrogen and oxygen atoms in total. The standard InChI is InChI=1S/C18H25N3O5S/c1-2-26-18(23)19-14-7-5-6-13(10-14)17(22)20-15-11-27(24,25)12-16(15)21-8-3-4-9-21/h5-7,10,15-16H,2-4,8-9,11-12H2,1H3,(H,19,23)(H,20,22)/t15-,16+/m0/s1. The molecule has 27 heavy (non-hydrogen) atoms. The van der Waals surface area contributed by atoms with E-state index < -0.39 is 22.0 Å². The third-order valence-electron chi connectivity index (χ3n) is 4.90. The minimum absolute atomic E-state index is 0.0410. The van der Waals surface area contributed by atoms with E-state index in [1.54, 1.807) is 31.2 Å². The fraction of sp³-hybridized carbons (Fsp3) is 0.556. The topological polar surface area (TPSA) is 105 Å². The average molecular weight is 395 g/mol. The van der Waals surface area contributed by atoms with Crippen LogP contribution in [0.3, 0.4) is 0 Å². The van der Waals surface area contributed by atoms with Crippen molar-refractivity contribution in [3.63, 3.8) is 0 Å². The normalized spacial score (nSPS) is 24.5. The summed E-state index contributed by atoms with van der Waals surface area (Å²) in [6.45, 7) is 3.69. The van der Waals surface area contributed by atoms with E-state index in [2.05, 4.69) is 15.5 Å². The summed E-state index contributed by atoms with van der Waals surface area (Å²) in [6, 6.07) is 5.87. The summed E-state index contributed by atoms with van der Waals surface area (Å²) >= 11 is 0. The molecule has 0 spiro atoms. The molecule has 2 amide bonds. The molecule has 2 aliphatic rings. The van der Waals surface area contributed by atoms with Gasteiger partial charge in [-0.2, -0.15) is 0 Å². The number of carbonyl (C=O) groups is 2. The zero-order chi connectivity index (χ0) is 19.4. The van der Waals surface area contributed by atoms with Gasteiger partial charge in [-0.1, -0.05) is 6.07 Å². The number of nitrogens with zero attached hydrogens (tertiary/aromatic N) is 1. The van der Waals surface area contributed by atoms with Crippen LogP contribution < -0.4 is 10.6 Å². The Balaban J connectivity index is 1.69. The Labute approximate surface area is 159 Å². The predicted molar refractivity (Wildman–Crippen MR) is 102 cm³/mol. The van der Waals surface area contributed by atoms with Gasteiger partial charge in [0.2, 0.25) is 0 Å². The van der Waals surface area contributed by atoms with Crippen molar-refractivity contribution in [3.8, 4) is 0 Å². The zero-order valence-electron chi connectivity index (χ0n) is 15.3. The Bertz CT molecular complexity index is 805. The minimum atomic E-state index is -3.17. The molecule has 2 N–H and O–H groups in total. The molecule has 0 unspecified atom stereocenters. The van der Waals surface area contributed by atoms with Gasteiger partial charge in [0.25, 0.3) is 5.91 Å². The van der Waals surface area contributed by atoms with E-state index in [0.29, 0.717) is 11.3 Å². The molecule has 0 saturated carbocycles. The lowest BCUT2D eigenvalue weighted by molar-refractivity contribution is 0.0918. The fourth-order valence-electron chi connectivity index (χ4n) is 3.67. The van der Waals surface area contributed by atoms with E-state index in [0.717, 1.165) is 25.9 Å². The molecule has 2 aliphatic heterocycles. The number of ether oxygens (including phenoxy) is 1. The van der Waals surface area contributed by atoms with Gasteiger partial charge in [0.05, 0.1) is 24.2 Å². The van der Waals surface area contributed by atoms with Gasteiger partial charge in [-0.25, -0.2) is 13.2 Å². The maximum Gasteiger partial charge on any atom is 0.411 e. The summed E-state index contributed by atoms with van der Waals surface area (Å²) in [5.74, 6) is -0.308. The number of benzene rings is 1. The van der Waals surface area contributed by atoms with Crippen molar-refractivity contribution in [3.05, 3.63) is 29.8 Å². The second-order valence-electron chi connectivity index (χ2n) is 6.89. The number of nitrogens with one attached hydrogen (secondary N) is 2. The molecule has 2 heterocycles. The molecule has 2 saturated heterocycles. The van der Waals surface area contributed by atoms with E-state index in [-0.39, 0.29) is 30.1 Å². The number of anilines is 1. The predicted octanol–water partition coefficient (Wildman–Crippen LogP) is 1.25. The molecule has 0 aromatic heterocycles. The number of sulfone groups is 1. The lowest BCUT2D eigenvalue weighted by atomic mass is 10.1. The molecule has 9 heteroatoms. The van der Waals surface area contributed by atoms with Crippen molar-refractivity contribution in [2.45, 2.75) is 31.8 Å². The van der Waals surface area contributed by atoms with Crippen LogP contribution >= 0.6 is 0 Å². The van der Waals surface area contributed by atoms with Crippen LogP contribution in [0, 0.1) is 0 Å². The number of rotatable bonds is 5. The second kappa shape index (κ2) is 8.26. The fourth-order valence-corrected chi connectivity index (χ4v) is 5.63. The van der Waals surface area contributed by atoms with E-state index >= 15 is 0 Å². The van der Waals surface area contributed by atoms with Crippen molar-refractivity contribution in [2.24, 2.45) is 0 Å². The van der Waals surface area contributed by atoms with Gasteiger partial charge in [-0.05, 0) is 51.1 Å². The maximum absolute atomic E-state index is 12.7. The Morgan fingerprint density at radius 1 is 1.22 bits per heavy atom. The van der Waals surface area contributed by atoms with Crippen LogP contribution in [0.2, 0.25) is 0 Å². The summed E-state index contributed by atoms with van der Waals surface area (Å²) in [7, 11) is -3.17. The smallest absolute Gasteiger partial charge is 0.411 e. The molecule has 0 radical (unpaired) electrons. The first-order valence-corrected chi connectivity index (χ1v) is 11.0. The highest BCUT2D eigenvalue weighted by Gasteiger charge is 2.42. The van der Waals surface area contributed by atoms with Gasteiger partial charge in [0, 0.05) is 17.3 Å². The third-order valence-corrected chi connectivity index (χ3v) is 6.61. The summed E-state index contributed by atoms with van der Waals surface area (Å²) in [5, 5.41) is 5.43. The first kappa shape index (κ1) is 19.6. The van der Waals surface area contributed by atoms with E-state index in [1.807, 2.05) is 0 Å². The van der Waals surface area contributed by atoms with Crippen molar-refractivity contribution in [1.82, 2.24) is 10.2 Å². The molecular formula is C18H25N3O5S. The number of likely N-dealkylation sites (tertiary alicyclic amines) is 1. The third kappa shape index (κ3) is 4.98. The van der Waals surface area contributed by atoms with E-state index in [9.17, 15) is 18.0 Å². The molecule has 1 aromatic carbocycles. The Hall–Kier alpha value is -2.13. The van der Waals surface area contributed by atoms with Gasteiger partial charge in [-0.15, -0.1) is 0 Å². The number of amides is 2. The lowest BCUT2D eigenvalue weighted by Crippen LogP contribution is -2.50. The highest BCUT2D eigenvalue weighted by atomic mass is 32.2. The zero-order valence-corrected chi connectivity index (χ0v) is 16.1. The van der Waals surface area contributed by atoms with Gasteiger partial charge in [0.1, 0.15) is 0 Å². The summed E-state index contributed by atoms with van der Waals surface area (Å²) in [4.78, 5) is 26.4. The minimum Gasteiger partial charge on any atom is -0.450 e. The van der Waals surface area contributed by atoms with E-state index in [1.165, 1.54) is 0 Å². The number of hydrogen-bond donors (Lipinski definition) is 2. The van der Waals surface area contributed by atoms with Gasteiger partial charge >= 0.3 is 6.09 Å². The highest BCUT2D eigenvalue weighted by Crippen LogP contribution is 2.23. The highest BCUT2D eigenvalue weighted by molar-refractivity contribution is 7.91. The van der Waals surface area contributed by atoms with Gasteiger partial charge in [0.15, 0.2) is 9.84 Å². The van der Waals surface area contributed by atoms with Gasteiger partial charge < -0.3 is 10.1 Å². The first-order chi connectivity index (χ1) is 12.9. The molecule has 148 valence electrons. The van der Waals surface area contributed by atoms with Gasteiger partial charge in [-0.3, -0.25) is 15.0 Å². The van der Waals surface area contributed by atoms with Crippen LogP contribution in [0.4, 0.5) is 10.5 Å². The SMILES string of the molecule is CCOC(=O)Nc1cccc(C(=O)N[C@H]2CS(=O)(=O)C[C@H]2N2CCCC2)c1. The summed E-state index contributed by atoms with van der Waals surface area (Å²) in [6.07, 6.45) is 1.52. The van der Waals surface area contributed by atoms with Crippen molar-refractivity contribution in [2.75, 3.05) is 36.5 Å². The summed E-state index contributed by atoms with van der Waals surface area (Å²) < 4.78 is 29.1. The summed E-state index contributed by atoms with van der Waals surface area (Å²) in [5.41, 5.74) is 0.796. The molecular weight excluding hydrogens is 370 g/mol. The number of hydrogen-bond acceptors (Lipinski definition) is 6.